The molecule has 0 saturated carbocycles. The molecule has 0 atom stereocenters. The molecular formula is C16H10ClF3N6OS. The van der Waals surface area contributed by atoms with Crippen molar-refractivity contribution in [1.82, 2.24) is 24.6 Å². The molecule has 0 bridgehead atoms. The van der Waals surface area contributed by atoms with Crippen LogP contribution in [0.2, 0.25) is 5.02 Å². The number of H-pyrrole nitrogens is 1. The van der Waals surface area contributed by atoms with Gasteiger partial charge in [-0.3, -0.25) is 9.20 Å². The van der Waals surface area contributed by atoms with Gasteiger partial charge in [0.15, 0.2) is 11.0 Å². The van der Waals surface area contributed by atoms with Crippen molar-refractivity contribution in [2.75, 3.05) is 11.1 Å². The Kier molecular flexibility index (Phi) is 4.63. The number of benzene rings is 1. The van der Waals surface area contributed by atoms with Crippen molar-refractivity contribution >= 4 is 51.9 Å². The smallest absolute Gasteiger partial charge is 0.309 e. The van der Waals surface area contributed by atoms with E-state index in [1.54, 1.807) is 4.40 Å². The maximum absolute atomic E-state index is 12.6. The number of aromatic amines is 1. The molecular weight excluding hydrogens is 417 g/mol. The number of amides is 1. The van der Waals surface area contributed by atoms with E-state index in [1.165, 1.54) is 0 Å². The van der Waals surface area contributed by atoms with E-state index >= 15 is 0 Å². The van der Waals surface area contributed by atoms with Crippen LogP contribution in [0.4, 0.5) is 19.0 Å². The standard InChI is InChI=1S/C16H10ClF3N6OS/c17-9-5-8(16(18,19)20)6-21-13(9)23-12(27)7-28-15-25-24-14-22-10-3-1-2-4-11(10)26(14)15/h1-6H,7H2,(H,22,24)(H,21,23,27). The molecule has 0 spiro atoms. The second-order valence-electron chi connectivity index (χ2n) is 5.65. The fourth-order valence-corrected chi connectivity index (χ4v) is 3.49. The highest BCUT2D eigenvalue weighted by Crippen LogP contribution is 2.32. The summed E-state index contributed by atoms with van der Waals surface area (Å²) in [5, 5.41) is 9.54. The zero-order valence-electron chi connectivity index (χ0n) is 13.8. The number of halogens is 4. The minimum atomic E-state index is -4.56. The van der Waals surface area contributed by atoms with Gasteiger partial charge in [-0.1, -0.05) is 35.5 Å². The van der Waals surface area contributed by atoms with E-state index in [4.69, 9.17) is 11.6 Å². The molecule has 0 fully saturated rings. The van der Waals surface area contributed by atoms with E-state index in [2.05, 4.69) is 25.5 Å². The summed E-state index contributed by atoms with van der Waals surface area (Å²) in [5.41, 5.74) is 0.626. The molecule has 2 N–H and O–H groups in total. The summed E-state index contributed by atoms with van der Waals surface area (Å²) in [5.74, 6) is -0.136. The third-order valence-electron chi connectivity index (χ3n) is 3.76. The number of aromatic nitrogens is 5. The van der Waals surface area contributed by atoms with Gasteiger partial charge in [0.1, 0.15) is 0 Å². The predicted octanol–water partition coefficient (Wildman–Crippen LogP) is 4.01. The number of imidazole rings is 1. The number of rotatable bonds is 4. The van der Waals surface area contributed by atoms with Crippen LogP contribution >= 0.6 is 23.4 Å². The van der Waals surface area contributed by atoms with Crippen LogP contribution in [-0.2, 0) is 11.0 Å². The van der Waals surface area contributed by atoms with Crippen LogP contribution in [0.25, 0.3) is 16.8 Å². The number of carbonyl (C=O) groups is 1. The van der Waals surface area contributed by atoms with Crippen molar-refractivity contribution in [2.45, 2.75) is 11.3 Å². The molecule has 7 nitrogen and oxygen atoms in total. The summed E-state index contributed by atoms with van der Waals surface area (Å²) in [6.07, 6.45) is -3.95. The van der Waals surface area contributed by atoms with Crippen molar-refractivity contribution < 1.29 is 18.0 Å². The van der Waals surface area contributed by atoms with Gasteiger partial charge in [-0.15, -0.1) is 5.10 Å². The van der Waals surface area contributed by atoms with E-state index in [-0.39, 0.29) is 16.6 Å². The second kappa shape index (κ2) is 6.99. The number of pyridine rings is 1. The zero-order chi connectivity index (χ0) is 19.9. The summed E-state index contributed by atoms with van der Waals surface area (Å²) in [6, 6.07) is 8.18. The minimum Gasteiger partial charge on any atom is -0.309 e. The third kappa shape index (κ3) is 3.50. The first-order valence-corrected chi connectivity index (χ1v) is 9.16. The molecule has 144 valence electrons. The number of nitrogens with zero attached hydrogens (tertiary/aromatic N) is 4. The quantitative estimate of drug-likeness (QED) is 0.481. The Morgan fingerprint density at radius 3 is 2.86 bits per heavy atom. The summed E-state index contributed by atoms with van der Waals surface area (Å²) < 4.78 is 39.7. The number of hydrogen-bond acceptors (Lipinski definition) is 5. The number of fused-ring (bicyclic) bond motifs is 3. The fourth-order valence-electron chi connectivity index (χ4n) is 2.52. The molecule has 0 radical (unpaired) electrons. The SMILES string of the molecule is O=C(CSc1n[nH]c2nc3ccccc3n12)Nc1ncc(C(F)(F)F)cc1Cl. The lowest BCUT2D eigenvalue weighted by Crippen LogP contribution is -2.16. The molecule has 3 heterocycles. The van der Waals surface area contributed by atoms with Crippen LogP contribution in [-0.4, -0.2) is 36.2 Å². The van der Waals surface area contributed by atoms with E-state index < -0.39 is 17.6 Å². The molecule has 4 rings (SSSR count). The van der Waals surface area contributed by atoms with Crippen LogP contribution in [0, 0.1) is 0 Å². The molecule has 1 amide bonds. The molecule has 28 heavy (non-hydrogen) atoms. The van der Waals surface area contributed by atoms with Crippen LogP contribution in [0.1, 0.15) is 5.56 Å². The topological polar surface area (TPSA) is 88.0 Å². The van der Waals surface area contributed by atoms with Gasteiger partial charge in [-0.05, 0) is 18.2 Å². The Bertz CT molecular complexity index is 1190. The number of hydrogen-bond donors (Lipinski definition) is 2. The number of nitrogens with one attached hydrogen (secondary N) is 2. The predicted molar refractivity (Wildman–Crippen MR) is 98.4 cm³/mol. The first-order valence-electron chi connectivity index (χ1n) is 7.80. The van der Waals surface area contributed by atoms with Gasteiger partial charge < -0.3 is 5.32 Å². The Labute approximate surface area is 164 Å². The van der Waals surface area contributed by atoms with E-state index in [0.29, 0.717) is 23.2 Å². The lowest BCUT2D eigenvalue weighted by Gasteiger charge is -2.09. The molecule has 0 aliphatic carbocycles. The number of carbonyl (C=O) groups excluding carboxylic acids is 1. The third-order valence-corrected chi connectivity index (χ3v) is 4.99. The number of anilines is 1. The van der Waals surface area contributed by atoms with Crippen molar-refractivity contribution in [1.29, 1.82) is 0 Å². The van der Waals surface area contributed by atoms with E-state index in [1.807, 2.05) is 24.3 Å². The molecule has 1 aromatic carbocycles. The van der Waals surface area contributed by atoms with Gasteiger partial charge in [0.05, 0.1) is 27.4 Å². The lowest BCUT2D eigenvalue weighted by atomic mass is 10.3. The van der Waals surface area contributed by atoms with Gasteiger partial charge in [-0.2, -0.15) is 13.2 Å². The van der Waals surface area contributed by atoms with E-state index in [9.17, 15) is 18.0 Å². The zero-order valence-corrected chi connectivity index (χ0v) is 15.4. The summed E-state index contributed by atoms with van der Waals surface area (Å²) in [7, 11) is 0. The molecule has 0 aliphatic heterocycles. The molecule has 3 aromatic heterocycles. The van der Waals surface area contributed by atoms with Crippen LogP contribution in [0.15, 0.2) is 41.7 Å². The molecule has 0 aliphatic rings. The highest BCUT2D eigenvalue weighted by Gasteiger charge is 2.31. The highest BCUT2D eigenvalue weighted by molar-refractivity contribution is 7.99. The monoisotopic (exact) mass is 426 g/mol. The van der Waals surface area contributed by atoms with Crippen LogP contribution in [0.5, 0.6) is 0 Å². The normalized spacial score (nSPS) is 12.0. The number of para-hydroxylation sites is 2. The van der Waals surface area contributed by atoms with Crippen LogP contribution < -0.4 is 5.32 Å². The van der Waals surface area contributed by atoms with Gasteiger partial charge in [0, 0.05) is 6.20 Å². The molecule has 0 unspecified atom stereocenters. The summed E-state index contributed by atoms with van der Waals surface area (Å²) >= 11 is 6.93. The van der Waals surface area contributed by atoms with Gasteiger partial charge in [0.2, 0.25) is 11.7 Å². The largest absolute Gasteiger partial charge is 0.417 e. The first-order chi connectivity index (χ1) is 13.3. The van der Waals surface area contributed by atoms with Gasteiger partial charge in [0.25, 0.3) is 0 Å². The Hall–Kier alpha value is -2.79. The van der Waals surface area contributed by atoms with Gasteiger partial charge >= 0.3 is 6.18 Å². The molecule has 0 saturated heterocycles. The second-order valence-corrected chi connectivity index (χ2v) is 7.00. The number of thioether (sulfide) groups is 1. The molecule has 12 heteroatoms. The summed E-state index contributed by atoms with van der Waals surface area (Å²) in [4.78, 5) is 20.1. The number of alkyl halides is 3. The first kappa shape index (κ1) is 18.6. The average Bonchev–Trinajstić information content (AvgIpc) is 3.20. The Morgan fingerprint density at radius 2 is 2.11 bits per heavy atom. The molecule has 4 aromatic rings. The Morgan fingerprint density at radius 1 is 1.32 bits per heavy atom. The maximum Gasteiger partial charge on any atom is 0.417 e. The summed E-state index contributed by atoms with van der Waals surface area (Å²) in [6.45, 7) is 0. The Balaban J connectivity index is 1.47. The lowest BCUT2D eigenvalue weighted by molar-refractivity contribution is -0.137. The minimum absolute atomic E-state index is 0.0501. The van der Waals surface area contributed by atoms with Crippen molar-refractivity contribution in [3.8, 4) is 0 Å². The maximum atomic E-state index is 12.6. The highest BCUT2D eigenvalue weighted by atomic mass is 35.5. The van der Waals surface area contributed by atoms with Crippen LogP contribution in [0.3, 0.4) is 0 Å². The average molecular weight is 427 g/mol. The van der Waals surface area contributed by atoms with Crippen molar-refractivity contribution in [3.05, 3.63) is 47.1 Å². The van der Waals surface area contributed by atoms with Gasteiger partial charge in [-0.25, -0.2) is 15.1 Å². The fraction of sp³-hybridized carbons (Fsp3) is 0.125. The van der Waals surface area contributed by atoms with Crippen molar-refractivity contribution in [2.24, 2.45) is 0 Å². The van der Waals surface area contributed by atoms with E-state index in [0.717, 1.165) is 22.8 Å². The van der Waals surface area contributed by atoms with Crippen molar-refractivity contribution in [3.63, 3.8) is 0 Å².